The Morgan fingerprint density at radius 2 is 2.07 bits per heavy atom. The van der Waals surface area contributed by atoms with Crippen LogP contribution in [0.5, 0.6) is 5.75 Å². The van der Waals surface area contributed by atoms with Crippen molar-refractivity contribution >= 4 is 5.91 Å². The molecule has 6 nitrogen and oxygen atoms in total. The van der Waals surface area contributed by atoms with Gasteiger partial charge in [0.2, 0.25) is 5.91 Å². The van der Waals surface area contributed by atoms with Gasteiger partial charge in [0.25, 0.3) is 0 Å². The summed E-state index contributed by atoms with van der Waals surface area (Å²) in [6.07, 6.45) is 4.10. The molecule has 3 atom stereocenters. The molecule has 1 aromatic carbocycles. The normalized spacial score (nSPS) is 25.1. The summed E-state index contributed by atoms with van der Waals surface area (Å²) >= 11 is 0. The molecule has 2 saturated heterocycles. The minimum atomic E-state index is -0.359. The number of rotatable bonds is 6. The van der Waals surface area contributed by atoms with Gasteiger partial charge in [0, 0.05) is 19.1 Å². The number of hydrogen-bond acceptors (Lipinski definition) is 5. The maximum absolute atomic E-state index is 12.4. The number of amides is 1. The van der Waals surface area contributed by atoms with E-state index in [0.29, 0.717) is 12.6 Å². The molecular formula is C21H26N2O4. The third kappa shape index (κ3) is 4.17. The van der Waals surface area contributed by atoms with Crippen LogP contribution in [0.4, 0.5) is 0 Å². The van der Waals surface area contributed by atoms with Gasteiger partial charge in [-0.1, -0.05) is 12.1 Å². The molecule has 2 aliphatic rings. The number of benzene rings is 1. The molecule has 144 valence electrons. The summed E-state index contributed by atoms with van der Waals surface area (Å²) in [5, 5.41) is 2.91. The first-order chi connectivity index (χ1) is 13.2. The van der Waals surface area contributed by atoms with Crippen LogP contribution in [0.1, 0.15) is 30.6 Å². The van der Waals surface area contributed by atoms with E-state index in [1.54, 1.807) is 13.4 Å². The van der Waals surface area contributed by atoms with Crippen molar-refractivity contribution in [1.29, 1.82) is 0 Å². The highest BCUT2D eigenvalue weighted by molar-refractivity contribution is 5.80. The summed E-state index contributed by atoms with van der Waals surface area (Å²) in [6.45, 7) is 2.31. The zero-order valence-corrected chi connectivity index (χ0v) is 15.6. The molecule has 1 aromatic heterocycles. The Hall–Kier alpha value is -2.31. The van der Waals surface area contributed by atoms with Gasteiger partial charge in [-0.3, -0.25) is 9.69 Å². The third-order valence-electron chi connectivity index (χ3n) is 5.52. The molecular weight excluding hydrogens is 344 g/mol. The van der Waals surface area contributed by atoms with E-state index in [-0.39, 0.29) is 18.1 Å². The maximum atomic E-state index is 12.4. The molecule has 2 aliphatic heterocycles. The number of hydrogen-bond donors (Lipinski definition) is 1. The monoisotopic (exact) mass is 370 g/mol. The lowest BCUT2D eigenvalue weighted by atomic mass is 9.98. The minimum Gasteiger partial charge on any atom is -0.497 e. The molecule has 27 heavy (non-hydrogen) atoms. The number of carbonyl (C=O) groups is 1. The molecule has 1 N–H and O–H groups in total. The molecule has 1 amide bonds. The molecule has 0 bridgehead atoms. The zero-order valence-electron chi connectivity index (χ0n) is 15.6. The first-order valence-electron chi connectivity index (χ1n) is 9.55. The van der Waals surface area contributed by atoms with Crippen molar-refractivity contribution in [2.45, 2.75) is 50.6 Å². The van der Waals surface area contributed by atoms with Crippen LogP contribution in [0.3, 0.4) is 0 Å². The fourth-order valence-electron chi connectivity index (χ4n) is 4.07. The summed E-state index contributed by atoms with van der Waals surface area (Å²) in [5.41, 5.74) is 1.27. The molecule has 0 spiro atoms. The molecule has 2 fully saturated rings. The van der Waals surface area contributed by atoms with Crippen molar-refractivity contribution in [2.24, 2.45) is 0 Å². The average molecular weight is 370 g/mol. The van der Waals surface area contributed by atoms with E-state index in [2.05, 4.69) is 22.3 Å². The van der Waals surface area contributed by atoms with Crippen molar-refractivity contribution in [1.82, 2.24) is 10.2 Å². The lowest BCUT2D eigenvalue weighted by Gasteiger charge is -2.35. The lowest BCUT2D eigenvalue weighted by Crippen LogP contribution is -2.47. The van der Waals surface area contributed by atoms with E-state index in [9.17, 15) is 4.79 Å². The van der Waals surface area contributed by atoms with Gasteiger partial charge in [-0.25, -0.2) is 0 Å². The van der Waals surface area contributed by atoms with Gasteiger partial charge in [0.15, 0.2) is 0 Å². The molecule has 0 saturated carbocycles. The predicted octanol–water partition coefficient (Wildman–Crippen LogP) is 2.73. The van der Waals surface area contributed by atoms with E-state index in [0.717, 1.165) is 43.9 Å². The van der Waals surface area contributed by atoms with Crippen LogP contribution < -0.4 is 10.1 Å². The van der Waals surface area contributed by atoms with Gasteiger partial charge in [0.1, 0.15) is 17.6 Å². The van der Waals surface area contributed by atoms with E-state index < -0.39 is 0 Å². The maximum Gasteiger partial charge on any atom is 0.249 e. The number of ether oxygens (including phenoxy) is 2. The molecule has 3 heterocycles. The van der Waals surface area contributed by atoms with Crippen molar-refractivity contribution in [3.8, 4) is 5.75 Å². The molecule has 0 radical (unpaired) electrons. The Morgan fingerprint density at radius 1 is 1.22 bits per heavy atom. The number of furan rings is 1. The first-order valence-corrected chi connectivity index (χ1v) is 9.55. The highest BCUT2D eigenvalue weighted by atomic mass is 16.5. The second-order valence-electron chi connectivity index (χ2n) is 7.21. The molecule has 4 rings (SSSR count). The average Bonchev–Trinajstić information content (AvgIpc) is 3.36. The number of fused-ring (bicyclic) bond motifs is 1. The number of nitrogens with one attached hydrogen (secondary N) is 1. The van der Waals surface area contributed by atoms with Crippen LogP contribution >= 0.6 is 0 Å². The summed E-state index contributed by atoms with van der Waals surface area (Å²) < 4.78 is 16.6. The topological polar surface area (TPSA) is 63.9 Å². The molecule has 6 heteroatoms. The van der Waals surface area contributed by atoms with Gasteiger partial charge >= 0.3 is 0 Å². The fraction of sp³-hybridized carbons (Fsp3) is 0.476. The quantitative estimate of drug-likeness (QED) is 0.847. The molecule has 0 unspecified atom stereocenters. The second-order valence-corrected chi connectivity index (χ2v) is 7.21. The summed E-state index contributed by atoms with van der Waals surface area (Å²) in [5.74, 6) is 1.59. The Kier molecular flexibility index (Phi) is 5.45. The van der Waals surface area contributed by atoms with E-state index in [1.165, 1.54) is 5.56 Å². The van der Waals surface area contributed by atoms with Crippen LogP contribution in [-0.2, 0) is 22.6 Å². The smallest absolute Gasteiger partial charge is 0.249 e. The fourth-order valence-corrected chi connectivity index (χ4v) is 4.07. The Morgan fingerprint density at radius 3 is 2.81 bits per heavy atom. The van der Waals surface area contributed by atoms with Crippen LogP contribution in [-0.4, -0.2) is 42.7 Å². The first kappa shape index (κ1) is 18.1. The van der Waals surface area contributed by atoms with Gasteiger partial charge in [-0.2, -0.15) is 0 Å². The Balaban J connectivity index is 1.29. The van der Waals surface area contributed by atoms with Crippen LogP contribution in [0.2, 0.25) is 0 Å². The predicted molar refractivity (Wildman–Crippen MR) is 100 cm³/mol. The summed E-state index contributed by atoms with van der Waals surface area (Å²) in [4.78, 5) is 14.9. The number of carbonyl (C=O) groups excluding carboxylic acids is 1. The highest BCUT2D eigenvalue weighted by Crippen LogP contribution is 2.32. The van der Waals surface area contributed by atoms with Crippen molar-refractivity contribution < 1.29 is 18.7 Å². The second kappa shape index (κ2) is 8.15. The summed E-state index contributed by atoms with van der Waals surface area (Å²) in [6, 6.07) is 12.3. The van der Waals surface area contributed by atoms with Gasteiger partial charge < -0.3 is 19.2 Å². The van der Waals surface area contributed by atoms with E-state index in [1.807, 2.05) is 24.3 Å². The van der Waals surface area contributed by atoms with Crippen molar-refractivity contribution in [2.75, 3.05) is 13.7 Å². The molecule has 2 aromatic rings. The van der Waals surface area contributed by atoms with Crippen molar-refractivity contribution in [3.63, 3.8) is 0 Å². The van der Waals surface area contributed by atoms with Gasteiger partial charge in [-0.05, 0) is 49.1 Å². The Labute approximate surface area is 159 Å². The summed E-state index contributed by atoms with van der Waals surface area (Å²) in [7, 11) is 1.68. The standard InChI is InChI=1S/C21H26N2O4/c1-25-16-6-4-15(5-7-16)14-23-11-10-19-18(23)8-9-20(27-19)21(24)22-13-17-3-2-12-26-17/h2-7,12,18-20H,8-11,13-14H2,1H3,(H,22,24)/t18-,19-,20-/m0/s1. The highest BCUT2D eigenvalue weighted by Gasteiger charge is 2.41. The number of methoxy groups -OCH3 is 1. The Bertz CT molecular complexity index is 744. The van der Waals surface area contributed by atoms with Crippen molar-refractivity contribution in [3.05, 3.63) is 54.0 Å². The SMILES string of the molecule is COc1ccc(CN2CC[C@@H]3O[C@H](C(=O)NCc4ccco4)CC[C@@H]32)cc1. The zero-order chi connectivity index (χ0) is 18.6. The van der Waals surface area contributed by atoms with Gasteiger partial charge in [-0.15, -0.1) is 0 Å². The lowest BCUT2D eigenvalue weighted by molar-refractivity contribution is -0.144. The number of nitrogens with zero attached hydrogens (tertiary/aromatic N) is 1. The van der Waals surface area contributed by atoms with Crippen LogP contribution in [0.15, 0.2) is 47.1 Å². The van der Waals surface area contributed by atoms with E-state index in [4.69, 9.17) is 13.9 Å². The van der Waals surface area contributed by atoms with Gasteiger partial charge in [0.05, 0.1) is 26.0 Å². The van der Waals surface area contributed by atoms with E-state index >= 15 is 0 Å². The van der Waals surface area contributed by atoms with Crippen LogP contribution in [0, 0.1) is 0 Å². The van der Waals surface area contributed by atoms with Crippen LogP contribution in [0.25, 0.3) is 0 Å². The minimum absolute atomic E-state index is 0.0431. The third-order valence-corrected chi connectivity index (χ3v) is 5.52. The number of likely N-dealkylation sites (tertiary alicyclic amines) is 1. The largest absolute Gasteiger partial charge is 0.497 e. The molecule has 0 aliphatic carbocycles.